The van der Waals surface area contributed by atoms with Gasteiger partial charge in [0.25, 0.3) is 0 Å². The molecule has 0 aromatic heterocycles. The molecule has 0 aromatic rings. The van der Waals surface area contributed by atoms with Gasteiger partial charge in [0, 0.05) is 25.7 Å². The Hall–Kier alpha value is 0.230. The smallest absolute Gasteiger partial charge is 0.0556 e. The van der Waals surface area contributed by atoms with E-state index in [2.05, 4.69) is 15.9 Å². The number of nitrogens with one attached hydrogen (secondary N) is 1. The molecular formula is C8H18N2OS. The van der Waals surface area contributed by atoms with Gasteiger partial charge < -0.3 is 10.4 Å². The number of aliphatic hydroxyl groups excluding tert-OH is 1. The molecule has 3 nitrogen and oxygen atoms in total. The fraction of sp³-hybridized carbons (Fsp3) is 1.00. The summed E-state index contributed by atoms with van der Waals surface area (Å²) in [6.45, 7) is 3.33. The first-order valence-corrected chi connectivity index (χ1v) is 5.68. The molecule has 1 saturated heterocycles. The van der Waals surface area contributed by atoms with Gasteiger partial charge in [-0.1, -0.05) is 11.9 Å². The Morgan fingerprint density at radius 2 is 2.17 bits per heavy atom. The van der Waals surface area contributed by atoms with E-state index < -0.39 is 0 Å². The molecule has 2 N–H and O–H groups in total. The van der Waals surface area contributed by atoms with E-state index in [1.807, 2.05) is 11.9 Å². The maximum absolute atomic E-state index is 8.62. The number of hydrogen-bond acceptors (Lipinski definition) is 4. The highest BCUT2D eigenvalue weighted by atomic mass is 32.2. The van der Waals surface area contributed by atoms with Crippen LogP contribution in [0.25, 0.3) is 0 Å². The summed E-state index contributed by atoms with van der Waals surface area (Å²) in [5.74, 6) is 0. The van der Waals surface area contributed by atoms with Gasteiger partial charge in [0.2, 0.25) is 0 Å². The number of aliphatic hydroxyl groups is 1. The monoisotopic (exact) mass is 190 g/mol. The highest BCUT2D eigenvalue weighted by Gasteiger charge is 2.17. The quantitative estimate of drug-likeness (QED) is 0.626. The van der Waals surface area contributed by atoms with Gasteiger partial charge in [-0.2, -0.15) is 0 Å². The predicted octanol–water partition coefficient (Wildman–Crippen LogP) is 0.311. The summed E-state index contributed by atoms with van der Waals surface area (Å²) in [7, 11) is 0. The van der Waals surface area contributed by atoms with Crippen LogP contribution in [0, 0.1) is 0 Å². The summed E-state index contributed by atoms with van der Waals surface area (Å²) >= 11 is 1.83. The third-order valence-corrected chi connectivity index (χ3v) is 3.14. The van der Waals surface area contributed by atoms with Crippen molar-refractivity contribution in [1.82, 2.24) is 9.62 Å². The molecule has 0 aliphatic carbocycles. The lowest BCUT2D eigenvalue weighted by Gasteiger charge is -2.30. The van der Waals surface area contributed by atoms with Crippen LogP contribution in [0.1, 0.15) is 12.8 Å². The third-order valence-electron chi connectivity index (χ3n) is 2.26. The molecule has 72 valence electrons. The van der Waals surface area contributed by atoms with Gasteiger partial charge in [-0.3, -0.25) is 4.31 Å². The van der Waals surface area contributed by atoms with Crippen LogP contribution >= 0.6 is 11.9 Å². The first kappa shape index (κ1) is 10.3. The molecule has 0 radical (unpaired) electrons. The Bertz CT molecular complexity index is 116. The average molecular weight is 190 g/mol. The van der Waals surface area contributed by atoms with E-state index in [0.29, 0.717) is 6.04 Å². The zero-order valence-electron chi connectivity index (χ0n) is 7.62. The summed E-state index contributed by atoms with van der Waals surface area (Å²) < 4.78 is 2.39. The van der Waals surface area contributed by atoms with Crippen molar-refractivity contribution in [3.05, 3.63) is 0 Å². The molecule has 1 aliphatic heterocycles. The summed E-state index contributed by atoms with van der Waals surface area (Å²) in [5, 5.41) is 11.9. The van der Waals surface area contributed by atoms with Crippen LogP contribution in [0.4, 0.5) is 0 Å². The lowest BCUT2D eigenvalue weighted by molar-refractivity contribution is 0.259. The van der Waals surface area contributed by atoms with Gasteiger partial charge in [0.1, 0.15) is 0 Å². The average Bonchev–Trinajstić information content (AvgIpc) is 2.15. The molecule has 4 heteroatoms. The molecule has 1 rings (SSSR count). The predicted molar refractivity (Wildman–Crippen MR) is 53.2 cm³/mol. The topological polar surface area (TPSA) is 35.5 Å². The van der Waals surface area contributed by atoms with Crippen LogP contribution in [0.5, 0.6) is 0 Å². The van der Waals surface area contributed by atoms with Gasteiger partial charge in [-0.25, -0.2) is 0 Å². The molecule has 0 unspecified atom stereocenters. The van der Waals surface area contributed by atoms with Gasteiger partial charge in [-0.05, 0) is 19.1 Å². The Labute approximate surface area is 78.7 Å². The molecule has 0 bridgehead atoms. The molecule has 12 heavy (non-hydrogen) atoms. The normalized spacial score (nSPS) is 21.5. The number of hydrogen-bond donors (Lipinski definition) is 2. The van der Waals surface area contributed by atoms with E-state index in [1.54, 1.807) is 0 Å². The Balaban J connectivity index is 2.09. The van der Waals surface area contributed by atoms with E-state index in [0.717, 1.165) is 6.54 Å². The van der Waals surface area contributed by atoms with Crippen molar-refractivity contribution in [3.63, 3.8) is 0 Å². The van der Waals surface area contributed by atoms with Crippen LogP contribution in [0.2, 0.25) is 0 Å². The standard InChI is InChI=1S/C8H18N2OS/c1-12-10-5-2-8(3-6-10)9-4-7-11/h8-9,11H,2-7H2,1H3. The van der Waals surface area contributed by atoms with Crippen LogP contribution < -0.4 is 5.32 Å². The van der Waals surface area contributed by atoms with Crippen molar-refractivity contribution in [2.75, 3.05) is 32.5 Å². The molecule has 1 aliphatic rings. The first-order valence-electron chi connectivity index (χ1n) is 4.50. The molecular weight excluding hydrogens is 172 g/mol. The van der Waals surface area contributed by atoms with Crippen molar-refractivity contribution in [3.8, 4) is 0 Å². The largest absolute Gasteiger partial charge is 0.395 e. The molecule has 0 atom stereocenters. The lowest BCUT2D eigenvalue weighted by atomic mass is 10.1. The second kappa shape index (κ2) is 5.80. The SMILES string of the molecule is CSN1CCC(NCCO)CC1. The summed E-state index contributed by atoms with van der Waals surface area (Å²) in [4.78, 5) is 0. The Kier molecular flexibility index (Phi) is 4.99. The zero-order chi connectivity index (χ0) is 8.81. The van der Waals surface area contributed by atoms with Crippen LogP contribution in [-0.2, 0) is 0 Å². The summed E-state index contributed by atoms with van der Waals surface area (Å²) in [6.07, 6.45) is 4.54. The van der Waals surface area contributed by atoms with Crippen molar-refractivity contribution in [2.24, 2.45) is 0 Å². The fourth-order valence-corrected chi connectivity index (χ4v) is 2.09. The van der Waals surface area contributed by atoms with Crippen LogP contribution in [0.15, 0.2) is 0 Å². The van der Waals surface area contributed by atoms with E-state index in [-0.39, 0.29) is 6.61 Å². The second-order valence-electron chi connectivity index (χ2n) is 3.06. The van der Waals surface area contributed by atoms with Gasteiger partial charge in [-0.15, -0.1) is 0 Å². The van der Waals surface area contributed by atoms with Gasteiger partial charge in [0.15, 0.2) is 0 Å². The molecule has 0 spiro atoms. The van der Waals surface area contributed by atoms with Crippen molar-refractivity contribution in [2.45, 2.75) is 18.9 Å². The zero-order valence-corrected chi connectivity index (χ0v) is 8.44. The van der Waals surface area contributed by atoms with E-state index in [9.17, 15) is 0 Å². The molecule has 1 heterocycles. The second-order valence-corrected chi connectivity index (χ2v) is 3.95. The molecule has 1 fully saturated rings. The molecule has 0 aromatic carbocycles. The number of rotatable bonds is 4. The summed E-state index contributed by atoms with van der Waals surface area (Å²) in [6, 6.07) is 0.626. The van der Waals surface area contributed by atoms with Crippen LogP contribution in [-0.4, -0.2) is 48.0 Å². The maximum Gasteiger partial charge on any atom is 0.0556 e. The van der Waals surface area contributed by atoms with Gasteiger partial charge >= 0.3 is 0 Å². The van der Waals surface area contributed by atoms with Crippen molar-refractivity contribution in [1.29, 1.82) is 0 Å². The molecule has 0 amide bonds. The highest BCUT2D eigenvalue weighted by molar-refractivity contribution is 7.96. The minimum absolute atomic E-state index is 0.253. The van der Waals surface area contributed by atoms with E-state index in [4.69, 9.17) is 5.11 Å². The number of nitrogens with zero attached hydrogens (tertiary/aromatic N) is 1. The minimum Gasteiger partial charge on any atom is -0.395 e. The van der Waals surface area contributed by atoms with Crippen molar-refractivity contribution < 1.29 is 5.11 Å². The molecule has 0 saturated carbocycles. The number of piperidine rings is 1. The minimum atomic E-state index is 0.253. The first-order chi connectivity index (χ1) is 5.86. The third kappa shape index (κ3) is 3.31. The van der Waals surface area contributed by atoms with E-state index in [1.165, 1.54) is 25.9 Å². The maximum atomic E-state index is 8.62. The van der Waals surface area contributed by atoms with Crippen molar-refractivity contribution >= 4 is 11.9 Å². The summed E-state index contributed by atoms with van der Waals surface area (Å²) in [5.41, 5.74) is 0. The highest BCUT2D eigenvalue weighted by Crippen LogP contribution is 2.15. The Morgan fingerprint density at radius 1 is 1.50 bits per heavy atom. The van der Waals surface area contributed by atoms with E-state index >= 15 is 0 Å². The van der Waals surface area contributed by atoms with Gasteiger partial charge in [0.05, 0.1) is 6.61 Å². The lowest BCUT2D eigenvalue weighted by Crippen LogP contribution is -2.40. The van der Waals surface area contributed by atoms with Crippen LogP contribution in [0.3, 0.4) is 0 Å². The fourth-order valence-electron chi connectivity index (χ4n) is 1.51. The Morgan fingerprint density at radius 3 is 2.67 bits per heavy atom.